The number of halogens is 4. The van der Waals surface area contributed by atoms with Gasteiger partial charge in [0.25, 0.3) is 5.56 Å². The molecule has 0 aliphatic carbocycles. The summed E-state index contributed by atoms with van der Waals surface area (Å²) in [5.41, 5.74) is -0.332. The third kappa shape index (κ3) is 4.00. The van der Waals surface area contributed by atoms with E-state index in [1.165, 1.54) is 10.7 Å². The summed E-state index contributed by atoms with van der Waals surface area (Å²) in [7, 11) is 1.58. The molecule has 26 heavy (non-hydrogen) atoms. The molecule has 0 unspecified atom stereocenters. The van der Waals surface area contributed by atoms with Crippen molar-refractivity contribution in [3.05, 3.63) is 44.9 Å². The van der Waals surface area contributed by atoms with Crippen LogP contribution in [0.3, 0.4) is 0 Å². The number of alkyl halides is 3. The van der Waals surface area contributed by atoms with E-state index in [0.717, 1.165) is 25.1 Å². The Bertz CT molecular complexity index is 829. The average molecular weight is 432 g/mol. The molecule has 0 aromatic carbocycles. The molecule has 1 saturated heterocycles. The zero-order valence-corrected chi connectivity index (χ0v) is 15.5. The van der Waals surface area contributed by atoms with Gasteiger partial charge in [0.2, 0.25) is 0 Å². The predicted octanol–water partition coefficient (Wildman–Crippen LogP) is 3.04. The highest BCUT2D eigenvalue weighted by molar-refractivity contribution is 9.10. The van der Waals surface area contributed by atoms with Gasteiger partial charge in [0.1, 0.15) is 10.3 Å². The number of nitrogens with zero attached hydrogens (tertiary/aromatic N) is 4. The summed E-state index contributed by atoms with van der Waals surface area (Å²) >= 11 is 3.28. The molecule has 1 aliphatic heterocycles. The average Bonchev–Trinajstić information content (AvgIpc) is 2.62. The Morgan fingerprint density at radius 1 is 1.23 bits per heavy atom. The number of anilines is 2. The molecule has 1 aliphatic rings. The zero-order chi connectivity index (χ0) is 18.9. The van der Waals surface area contributed by atoms with Gasteiger partial charge >= 0.3 is 6.18 Å². The number of nitrogens with one attached hydrogen (secondary N) is 1. The van der Waals surface area contributed by atoms with Gasteiger partial charge in [-0.1, -0.05) is 0 Å². The molecule has 10 heteroatoms. The van der Waals surface area contributed by atoms with Crippen LogP contribution in [-0.4, -0.2) is 33.9 Å². The van der Waals surface area contributed by atoms with Crippen molar-refractivity contribution in [2.24, 2.45) is 7.05 Å². The van der Waals surface area contributed by atoms with E-state index in [2.05, 4.69) is 31.3 Å². The van der Waals surface area contributed by atoms with Crippen molar-refractivity contribution >= 4 is 27.4 Å². The second-order valence-electron chi connectivity index (χ2n) is 6.11. The SMILES string of the molecule is Cn1ncc(NC2CCN(c3ccc(C(F)(F)F)cn3)CC2)c(Br)c1=O. The molecule has 0 saturated carbocycles. The lowest BCUT2D eigenvalue weighted by Crippen LogP contribution is -2.40. The largest absolute Gasteiger partial charge is 0.417 e. The first-order chi connectivity index (χ1) is 12.3. The van der Waals surface area contributed by atoms with Crippen LogP contribution in [0.15, 0.2) is 33.8 Å². The van der Waals surface area contributed by atoms with Gasteiger partial charge in [0.05, 0.1) is 17.4 Å². The van der Waals surface area contributed by atoms with Gasteiger partial charge in [-0.05, 0) is 40.9 Å². The molecule has 2 aromatic rings. The van der Waals surface area contributed by atoms with Crippen LogP contribution in [0.5, 0.6) is 0 Å². The van der Waals surface area contributed by atoms with Crippen LogP contribution >= 0.6 is 15.9 Å². The van der Waals surface area contributed by atoms with E-state index in [1.807, 2.05) is 4.90 Å². The molecule has 0 atom stereocenters. The smallest absolute Gasteiger partial charge is 0.380 e. The van der Waals surface area contributed by atoms with E-state index in [4.69, 9.17) is 0 Å². The van der Waals surface area contributed by atoms with Crippen LogP contribution in [0, 0.1) is 0 Å². The zero-order valence-electron chi connectivity index (χ0n) is 13.9. The first-order valence-corrected chi connectivity index (χ1v) is 8.81. The van der Waals surface area contributed by atoms with Crippen LogP contribution in [-0.2, 0) is 13.2 Å². The topological polar surface area (TPSA) is 63.1 Å². The minimum Gasteiger partial charge on any atom is -0.380 e. The van der Waals surface area contributed by atoms with Crippen molar-refractivity contribution in [1.29, 1.82) is 0 Å². The van der Waals surface area contributed by atoms with Gasteiger partial charge in [0, 0.05) is 32.4 Å². The van der Waals surface area contributed by atoms with E-state index in [-0.39, 0.29) is 11.6 Å². The van der Waals surface area contributed by atoms with E-state index >= 15 is 0 Å². The summed E-state index contributed by atoms with van der Waals surface area (Å²) in [4.78, 5) is 17.8. The summed E-state index contributed by atoms with van der Waals surface area (Å²) in [5.74, 6) is 0.535. The third-order valence-electron chi connectivity index (χ3n) is 4.33. The fourth-order valence-electron chi connectivity index (χ4n) is 2.82. The van der Waals surface area contributed by atoms with E-state index < -0.39 is 11.7 Å². The Labute approximate surface area is 156 Å². The van der Waals surface area contributed by atoms with E-state index in [9.17, 15) is 18.0 Å². The van der Waals surface area contributed by atoms with Gasteiger partial charge in [-0.15, -0.1) is 0 Å². The molecular weight excluding hydrogens is 415 g/mol. The van der Waals surface area contributed by atoms with Gasteiger partial charge in [-0.2, -0.15) is 18.3 Å². The summed E-state index contributed by atoms with van der Waals surface area (Å²) in [6.07, 6.45) is -0.386. The number of piperidine rings is 1. The highest BCUT2D eigenvalue weighted by atomic mass is 79.9. The van der Waals surface area contributed by atoms with Crippen LogP contribution in [0.2, 0.25) is 0 Å². The maximum Gasteiger partial charge on any atom is 0.417 e. The van der Waals surface area contributed by atoms with Crippen molar-refractivity contribution in [1.82, 2.24) is 14.8 Å². The van der Waals surface area contributed by atoms with E-state index in [1.54, 1.807) is 13.2 Å². The highest BCUT2D eigenvalue weighted by Crippen LogP contribution is 2.30. The maximum atomic E-state index is 12.6. The molecule has 3 heterocycles. The van der Waals surface area contributed by atoms with Crippen LogP contribution in [0.1, 0.15) is 18.4 Å². The molecular formula is C16H17BrF3N5O. The fraction of sp³-hybridized carbons (Fsp3) is 0.438. The van der Waals surface area contributed by atoms with Gasteiger partial charge in [-0.25, -0.2) is 9.67 Å². The second kappa shape index (κ2) is 7.26. The van der Waals surface area contributed by atoms with Crippen molar-refractivity contribution in [3.8, 4) is 0 Å². The minimum atomic E-state index is -4.38. The molecule has 0 spiro atoms. The molecule has 1 fully saturated rings. The number of rotatable bonds is 3. The van der Waals surface area contributed by atoms with Crippen molar-refractivity contribution in [3.63, 3.8) is 0 Å². The quantitative estimate of drug-likeness (QED) is 0.808. The summed E-state index contributed by atoms with van der Waals surface area (Å²) in [5, 5.41) is 7.29. The standard InChI is InChI=1S/C16H17BrF3N5O/c1-24-15(26)14(17)12(9-22-24)23-11-4-6-25(7-5-11)13-3-2-10(8-21-13)16(18,19)20/h2-3,8-9,11,23H,4-7H2,1H3. The van der Waals surface area contributed by atoms with E-state index in [0.29, 0.717) is 29.1 Å². The highest BCUT2D eigenvalue weighted by Gasteiger charge is 2.31. The third-order valence-corrected chi connectivity index (χ3v) is 5.10. The molecule has 0 bridgehead atoms. The maximum absolute atomic E-state index is 12.6. The number of aryl methyl sites for hydroxylation is 1. The Morgan fingerprint density at radius 3 is 2.50 bits per heavy atom. The Balaban J connectivity index is 1.61. The molecule has 6 nitrogen and oxygen atoms in total. The van der Waals surface area contributed by atoms with Gasteiger partial charge in [0.15, 0.2) is 0 Å². The summed E-state index contributed by atoms with van der Waals surface area (Å²) in [6, 6.07) is 2.60. The van der Waals surface area contributed by atoms with Crippen molar-refractivity contribution < 1.29 is 13.2 Å². The number of aromatic nitrogens is 3. The molecule has 0 amide bonds. The number of pyridine rings is 1. The second-order valence-corrected chi connectivity index (χ2v) is 6.90. The lowest BCUT2D eigenvalue weighted by molar-refractivity contribution is -0.137. The molecule has 3 rings (SSSR count). The lowest BCUT2D eigenvalue weighted by Gasteiger charge is -2.33. The van der Waals surface area contributed by atoms with Gasteiger partial charge < -0.3 is 10.2 Å². The Morgan fingerprint density at radius 2 is 1.92 bits per heavy atom. The van der Waals surface area contributed by atoms with Crippen molar-refractivity contribution in [2.45, 2.75) is 25.1 Å². The Hall–Kier alpha value is -2.10. The van der Waals surface area contributed by atoms with Crippen molar-refractivity contribution in [2.75, 3.05) is 23.3 Å². The lowest BCUT2D eigenvalue weighted by atomic mass is 10.0. The molecule has 0 radical (unpaired) electrons. The normalized spacial score (nSPS) is 16.0. The van der Waals surface area contributed by atoms with Crippen LogP contribution < -0.4 is 15.8 Å². The Kier molecular flexibility index (Phi) is 5.22. The van der Waals surface area contributed by atoms with Gasteiger partial charge in [-0.3, -0.25) is 4.79 Å². The first kappa shape index (κ1) is 18.7. The molecule has 2 aromatic heterocycles. The minimum absolute atomic E-state index is 0.144. The monoisotopic (exact) mass is 431 g/mol. The van der Waals surface area contributed by atoms with Crippen LogP contribution in [0.4, 0.5) is 24.7 Å². The molecule has 140 valence electrons. The molecule has 1 N–H and O–H groups in total. The predicted molar refractivity (Wildman–Crippen MR) is 95.3 cm³/mol. The summed E-state index contributed by atoms with van der Waals surface area (Å²) < 4.78 is 39.5. The first-order valence-electron chi connectivity index (χ1n) is 8.02. The van der Waals surface area contributed by atoms with Crippen LogP contribution in [0.25, 0.3) is 0 Å². The number of hydrogen-bond acceptors (Lipinski definition) is 5. The fourth-order valence-corrected chi connectivity index (χ4v) is 3.30. The number of hydrogen-bond donors (Lipinski definition) is 1. The summed E-state index contributed by atoms with van der Waals surface area (Å²) in [6.45, 7) is 1.32.